The van der Waals surface area contributed by atoms with Gasteiger partial charge >= 0.3 is 0 Å². The lowest BCUT2D eigenvalue weighted by molar-refractivity contribution is 0.181. The Kier molecular flexibility index (Phi) is 7.46. The van der Waals surface area contributed by atoms with Crippen LogP contribution in [0.25, 0.3) is 0 Å². The number of hydrogen-bond acceptors (Lipinski definition) is 3. The molecular formula is C15H24O3. The maximum atomic E-state index is 9.41. The van der Waals surface area contributed by atoms with Crippen molar-refractivity contribution >= 4 is 0 Å². The fourth-order valence-corrected chi connectivity index (χ4v) is 2.07. The molecule has 0 bridgehead atoms. The van der Waals surface area contributed by atoms with Crippen LogP contribution in [0.1, 0.15) is 24.8 Å². The molecular weight excluding hydrogens is 228 g/mol. The fourth-order valence-electron chi connectivity index (χ4n) is 2.07. The van der Waals surface area contributed by atoms with E-state index in [1.807, 2.05) is 18.2 Å². The smallest absolute Gasteiger partial charge is 0.119 e. The van der Waals surface area contributed by atoms with Gasteiger partial charge in [0.1, 0.15) is 5.75 Å². The number of unbranched alkanes of at least 4 members (excludes halogenated alkanes) is 1. The van der Waals surface area contributed by atoms with Crippen LogP contribution in [-0.2, 0) is 11.2 Å². The summed E-state index contributed by atoms with van der Waals surface area (Å²) in [6, 6.07) is 8.06. The predicted molar refractivity (Wildman–Crippen MR) is 73.0 cm³/mol. The molecule has 0 saturated carbocycles. The molecule has 0 aliphatic rings. The second-order valence-electron chi connectivity index (χ2n) is 4.59. The van der Waals surface area contributed by atoms with Gasteiger partial charge in [-0.05, 0) is 42.9 Å². The summed E-state index contributed by atoms with van der Waals surface area (Å²) < 4.78 is 10.2. The van der Waals surface area contributed by atoms with Crippen LogP contribution in [0.3, 0.4) is 0 Å². The second kappa shape index (κ2) is 8.95. The van der Waals surface area contributed by atoms with Crippen LogP contribution < -0.4 is 4.74 Å². The number of rotatable bonds is 9. The molecule has 1 unspecified atom stereocenters. The summed E-state index contributed by atoms with van der Waals surface area (Å²) in [7, 11) is 3.40. The molecule has 0 amide bonds. The Labute approximate surface area is 110 Å². The molecule has 3 nitrogen and oxygen atoms in total. The molecule has 0 aliphatic heterocycles. The molecule has 0 saturated heterocycles. The molecule has 1 atom stereocenters. The van der Waals surface area contributed by atoms with Crippen molar-refractivity contribution in [2.75, 3.05) is 27.4 Å². The fraction of sp³-hybridized carbons (Fsp3) is 0.600. The van der Waals surface area contributed by atoms with E-state index in [0.29, 0.717) is 5.92 Å². The number of hydrogen-bond donors (Lipinski definition) is 1. The lowest BCUT2D eigenvalue weighted by atomic mass is 9.95. The first-order valence-electron chi connectivity index (χ1n) is 6.53. The van der Waals surface area contributed by atoms with Crippen LogP contribution in [-0.4, -0.2) is 32.5 Å². The van der Waals surface area contributed by atoms with Gasteiger partial charge in [0.05, 0.1) is 7.11 Å². The molecule has 1 aromatic rings. The van der Waals surface area contributed by atoms with Crippen LogP contribution in [0, 0.1) is 5.92 Å². The SMILES string of the molecule is COCCCCC(CO)Cc1cccc(OC)c1. The molecule has 0 fully saturated rings. The van der Waals surface area contributed by atoms with Crippen molar-refractivity contribution in [1.29, 1.82) is 0 Å². The third-order valence-electron chi connectivity index (χ3n) is 3.13. The largest absolute Gasteiger partial charge is 0.497 e. The predicted octanol–water partition coefficient (Wildman–Crippen LogP) is 2.66. The van der Waals surface area contributed by atoms with Gasteiger partial charge in [-0.1, -0.05) is 18.6 Å². The van der Waals surface area contributed by atoms with Gasteiger partial charge in [0.2, 0.25) is 0 Å². The summed E-state index contributed by atoms with van der Waals surface area (Å²) in [5, 5.41) is 9.41. The zero-order chi connectivity index (χ0) is 13.2. The standard InChI is InChI=1S/C15H24O3/c1-17-9-4-3-6-14(12-16)10-13-7-5-8-15(11-13)18-2/h5,7-8,11,14,16H,3-4,6,9-10,12H2,1-2H3. The average Bonchev–Trinajstić information content (AvgIpc) is 2.42. The maximum Gasteiger partial charge on any atom is 0.119 e. The van der Waals surface area contributed by atoms with E-state index in [4.69, 9.17) is 9.47 Å². The Morgan fingerprint density at radius 1 is 1.22 bits per heavy atom. The summed E-state index contributed by atoms with van der Waals surface area (Å²) >= 11 is 0. The van der Waals surface area contributed by atoms with Crippen molar-refractivity contribution < 1.29 is 14.6 Å². The van der Waals surface area contributed by atoms with Gasteiger partial charge in [0.15, 0.2) is 0 Å². The van der Waals surface area contributed by atoms with E-state index in [-0.39, 0.29) is 6.61 Å². The van der Waals surface area contributed by atoms with Gasteiger partial charge in [0.25, 0.3) is 0 Å². The summed E-state index contributed by atoms with van der Waals surface area (Å²) in [5.74, 6) is 1.21. The molecule has 18 heavy (non-hydrogen) atoms. The number of ether oxygens (including phenoxy) is 2. The first-order valence-corrected chi connectivity index (χ1v) is 6.53. The van der Waals surface area contributed by atoms with Crippen molar-refractivity contribution in [2.45, 2.75) is 25.7 Å². The summed E-state index contributed by atoms with van der Waals surface area (Å²) in [6.07, 6.45) is 4.10. The van der Waals surface area contributed by atoms with Crippen LogP contribution in [0.4, 0.5) is 0 Å². The Balaban J connectivity index is 2.41. The highest BCUT2D eigenvalue weighted by atomic mass is 16.5. The first-order chi connectivity index (χ1) is 8.80. The Morgan fingerprint density at radius 2 is 2.06 bits per heavy atom. The molecule has 0 aromatic heterocycles. The first kappa shape index (κ1) is 15.0. The van der Waals surface area contributed by atoms with Crippen LogP contribution in [0.2, 0.25) is 0 Å². The van der Waals surface area contributed by atoms with Gasteiger partial charge < -0.3 is 14.6 Å². The van der Waals surface area contributed by atoms with Crippen molar-refractivity contribution in [3.8, 4) is 5.75 Å². The molecule has 0 spiro atoms. The lowest BCUT2D eigenvalue weighted by Crippen LogP contribution is -2.10. The Bertz CT molecular complexity index is 325. The van der Waals surface area contributed by atoms with E-state index < -0.39 is 0 Å². The number of aliphatic hydroxyl groups excluding tert-OH is 1. The molecule has 1 N–H and O–H groups in total. The Morgan fingerprint density at radius 3 is 2.72 bits per heavy atom. The van der Waals surface area contributed by atoms with Crippen LogP contribution >= 0.6 is 0 Å². The minimum absolute atomic E-state index is 0.240. The minimum Gasteiger partial charge on any atom is -0.497 e. The van der Waals surface area contributed by atoms with E-state index in [9.17, 15) is 5.11 Å². The van der Waals surface area contributed by atoms with E-state index in [2.05, 4.69) is 6.07 Å². The lowest BCUT2D eigenvalue weighted by Gasteiger charge is -2.14. The monoisotopic (exact) mass is 252 g/mol. The molecule has 0 aliphatic carbocycles. The number of benzene rings is 1. The van der Waals surface area contributed by atoms with Crippen molar-refractivity contribution in [3.63, 3.8) is 0 Å². The van der Waals surface area contributed by atoms with Crippen molar-refractivity contribution in [3.05, 3.63) is 29.8 Å². The highest BCUT2D eigenvalue weighted by Crippen LogP contribution is 2.19. The zero-order valence-electron chi connectivity index (χ0n) is 11.4. The minimum atomic E-state index is 0.240. The van der Waals surface area contributed by atoms with Gasteiger partial charge in [-0.25, -0.2) is 0 Å². The van der Waals surface area contributed by atoms with Gasteiger partial charge in [-0.2, -0.15) is 0 Å². The maximum absolute atomic E-state index is 9.41. The third kappa shape index (κ3) is 5.52. The summed E-state index contributed by atoms with van der Waals surface area (Å²) in [4.78, 5) is 0. The number of aliphatic hydroxyl groups is 1. The van der Waals surface area contributed by atoms with E-state index in [1.165, 1.54) is 5.56 Å². The molecule has 1 rings (SSSR count). The van der Waals surface area contributed by atoms with Crippen molar-refractivity contribution in [2.24, 2.45) is 5.92 Å². The molecule has 0 heterocycles. The Hall–Kier alpha value is -1.06. The topological polar surface area (TPSA) is 38.7 Å². The van der Waals surface area contributed by atoms with Crippen LogP contribution in [0.15, 0.2) is 24.3 Å². The van der Waals surface area contributed by atoms with E-state index in [0.717, 1.165) is 38.0 Å². The molecule has 102 valence electrons. The summed E-state index contributed by atoms with van der Waals surface area (Å²) in [6.45, 7) is 1.04. The van der Waals surface area contributed by atoms with Gasteiger partial charge in [-0.15, -0.1) is 0 Å². The second-order valence-corrected chi connectivity index (χ2v) is 4.59. The highest BCUT2D eigenvalue weighted by molar-refractivity contribution is 5.28. The number of methoxy groups -OCH3 is 2. The van der Waals surface area contributed by atoms with E-state index >= 15 is 0 Å². The highest BCUT2D eigenvalue weighted by Gasteiger charge is 2.09. The molecule has 0 radical (unpaired) electrons. The molecule has 1 aromatic carbocycles. The van der Waals surface area contributed by atoms with Crippen LogP contribution in [0.5, 0.6) is 5.75 Å². The average molecular weight is 252 g/mol. The third-order valence-corrected chi connectivity index (χ3v) is 3.13. The van der Waals surface area contributed by atoms with Gasteiger partial charge in [0, 0.05) is 20.3 Å². The van der Waals surface area contributed by atoms with Gasteiger partial charge in [-0.3, -0.25) is 0 Å². The normalized spacial score (nSPS) is 12.4. The van der Waals surface area contributed by atoms with Crippen molar-refractivity contribution in [1.82, 2.24) is 0 Å². The molecule has 3 heteroatoms. The van der Waals surface area contributed by atoms with E-state index in [1.54, 1.807) is 14.2 Å². The quantitative estimate of drug-likeness (QED) is 0.687. The zero-order valence-corrected chi connectivity index (χ0v) is 11.4. The summed E-state index contributed by atoms with van der Waals surface area (Å²) in [5.41, 5.74) is 1.22.